The number of aryl methyl sites for hydroxylation is 1. The van der Waals surface area contributed by atoms with Crippen molar-refractivity contribution >= 4 is 18.3 Å². The third-order valence-corrected chi connectivity index (χ3v) is 4.97. The van der Waals surface area contributed by atoms with Crippen molar-refractivity contribution in [3.63, 3.8) is 0 Å². The molecule has 2 aromatic heterocycles. The molecule has 3 heterocycles. The third kappa shape index (κ3) is 3.53. The number of nitrogens with one attached hydrogen (secondary N) is 1. The summed E-state index contributed by atoms with van der Waals surface area (Å²) in [4.78, 5) is 19.6. The molecule has 4 rings (SSSR count). The zero-order valence-corrected chi connectivity index (χ0v) is 16.5. The third-order valence-electron chi connectivity index (χ3n) is 4.97. The van der Waals surface area contributed by atoms with Gasteiger partial charge in [0.05, 0.1) is 23.1 Å². The van der Waals surface area contributed by atoms with Crippen molar-refractivity contribution in [3.05, 3.63) is 65.8 Å². The zero-order chi connectivity index (χ0) is 19.0. The van der Waals surface area contributed by atoms with E-state index in [0.717, 1.165) is 18.1 Å². The lowest BCUT2D eigenvalue weighted by atomic mass is 10.1. The van der Waals surface area contributed by atoms with E-state index in [1.54, 1.807) is 29.2 Å². The molecule has 1 amide bonds. The standard InChI is InChI=1S/C19H21FN6O.ClH/c1-13-16(11-23-26(13)15-5-3-14(20)4-6-15)19(27)25-10-7-21-12-17(25)18-22-8-9-24(18)2;/h3-6,8-9,11,17,21H,7,10,12H2,1-2H3;1H. The van der Waals surface area contributed by atoms with Gasteiger partial charge in [0, 0.05) is 39.1 Å². The van der Waals surface area contributed by atoms with Gasteiger partial charge in [-0.25, -0.2) is 14.1 Å². The predicted molar refractivity (Wildman–Crippen MR) is 105 cm³/mol. The lowest BCUT2D eigenvalue weighted by Gasteiger charge is -2.35. The predicted octanol–water partition coefficient (Wildman–Crippen LogP) is 2.26. The van der Waals surface area contributed by atoms with E-state index >= 15 is 0 Å². The van der Waals surface area contributed by atoms with Crippen LogP contribution in [0.3, 0.4) is 0 Å². The molecular weight excluding hydrogens is 383 g/mol. The Morgan fingerprint density at radius 3 is 2.71 bits per heavy atom. The van der Waals surface area contributed by atoms with Gasteiger partial charge in [-0.2, -0.15) is 5.10 Å². The van der Waals surface area contributed by atoms with Crippen LogP contribution in [0.15, 0.2) is 42.9 Å². The van der Waals surface area contributed by atoms with Crippen LogP contribution in [0.2, 0.25) is 0 Å². The Kier molecular flexibility index (Phi) is 5.81. The minimum absolute atomic E-state index is 0. The lowest BCUT2D eigenvalue weighted by molar-refractivity contribution is 0.0620. The average molecular weight is 405 g/mol. The second-order valence-electron chi connectivity index (χ2n) is 6.65. The molecule has 0 aliphatic carbocycles. The molecule has 3 aromatic rings. The Morgan fingerprint density at radius 2 is 2.04 bits per heavy atom. The van der Waals surface area contributed by atoms with Crippen LogP contribution in [-0.2, 0) is 7.05 Å². The fraction of sp³-hybridized carbons (Fsp3) is 0.316. The molecule has 1 saturated heterocycles. The molecule has 1 unspecified atom stereocenters. The fourth-order valence-electron chi connectivity index (χ4n) is 3.49. The molecule has 1 aromatic carbocycles. The number of halogens is 2. The Labute approximate surface area is 168 Å². The molecule has 1 fully saturated rings. The van der Waals surface area contributed by atoms with Gasteiger partial charge >= 0.3 is 0 Å². The second kappa shape index (κ2) is 8.12. The maximum Gasteiger partial charge on any atom is 0.258 e. The zero-order valence-electron chi connectivity index (χ0n) is 15.7. The average Bonchev–Trinajstić information content (AvgIpc) is 3.27. The SMILES string of the molecule is Cc1c(C(=O)N2CCNCC2c2nccn2C)cnn1-c1ccc(F)cc1.Cl. The fourth-order valence-corrected chi connectivity index (χ4v) is 3.49. The van der Waals surface area contributed by atoms with Crippen molar-refractivity contribution < 1.29 is 9.18 Å². The molecule has 148 valence electrons. The molecule has 7 nitrogen and oxygen atoms in total. The first-order chi connectivity index (χ1) is 13.1. The Balaban J connectivity index is 0.00000225. The van der Waals surface area contributed by atoms with Crippen LogP contribution in [0.25, 0.3) is 5.69 Å². The van der Waals surface area contributed by atoms with Crippen LogP contribution in [0.4, 0.5) is 4.39 Å². The van der Waals surface area contributed by atoms with E-state index in [4.69, 9.17) is 0 Å². The molecule has 0 radical (unpaired) electrons. The maximum absolute atomic E-state index is 13.3. The van der Waals surface area contributed by atoms with Crippen molar-refractivity contribution in [2.45, 2.75) is 13.0 Å². The van der Waals surface area contributed by atoms with Gasteiger partial charge in [0.15, 0.2) is 0 Å². The van der Waals surface area contributed by atoms with Crippen molar-refractivity contribution in [1.29, 1.82) is 0 Å². The number of hydrogen-bond acceptors (Lipinski definition) is 4. The highest BCUT2D eigenvalue weighted by molar-refractivity contribution is 5.95. The van der Waals surface area contributed by atoms with Crippen LogP contribution in [0, 0.1) is 12.7 Å². The summed E-state index contributed by atoms with van der Waals surface area (Å²) < 4.78 is 16.8. The van der Waals surface area contributed by atoms with E-state index < -0.39 is 0 Å². The number of hydrogen-bond donors (Lipinski definition) is 1. The van der Waals surface area contributed by atoms with Crippen molar-refractivity contribution in [2.75, 3.05) is 19.6 Å². The van der Waals surface area contributed by atoms with Gasteiger partial charge in [0.25, 0.3) is 5.91 Å². The highest BCUT2D eigenvalue weighted by Crippen LogP contribution is 2.24. The number of carbonyl (C=O) groups is 1. The van der Waals surface area contributed by atoms with E-state index in [0.29, 0.717) is 24.3 Å². The Morgan fingerprint density at radius 1 is 1.29 bits per heavy atom. The van der Waals surface area contributed by atoms with Gasteiger partial charge in [-0.05, 0) is 31.2 Å². The van der Waals surface area contributed by atoms with E-state index in [2.05, 4.69) is 15.4 Å². The minimum atomic E-state index is -0.307. The normalized spacial score (nSPS) is 16.7. The van der Waals surface area contributed by atoms with Crippen molar-refractivity contribution in [1.82, 2.24) is 29.5 Å². The Bertz CT molecular complexity index is 967. The van der Waals surface area contributed by atoms with Gasteiger partial charge < -0.3 is 14.8 Å². The molecule has 0 spiro atoms. The number of benzene rings is 1. The molecule has 0 saturated carbocycles. The molecule has 28 heavy (non-hydrogen) atoms. The number of imidazole rings is 1. The second-order valence-corrected chi connectivity index (χ2v) is 6.65. The van der Waals surface area contributed by atoms with Gasteiger partial charge in [-0.15, -0.1) is 12.4 Å². The first-order valence-electron chi connectivity index (χ1n) is 8.85. The van der Waals surface area contributed by atoms with E-state index in [-0.39, 0.29) is 30.2 Å². The van der Waals surface area contributed by atoms with E-state index in [1.807, 2.05) is 29.6 Å². The number of aromatic nitrogens is 4. The van der Waals surface area contributed by atoms with Crippen molar-refractivity contribution in [2.24, 2.45) is 7.05 Å². The monoisotopic (exact) mass is 404 g/mol. The summed E-state index contributed by atoms with van der Waals surface area (Å²) >= 11 is 0. The van der Waals surface area contributed by atoms with Gasteiger partial charge in [0.1, 0.15) is 17.7 Å². The topological polar surface area (TPSA) is 68.0 Å². The summed E-state index contributed by atoms with van der Waals surface area (Å²) in [6.07, 6.45) is 5.20. The summed E-state index contributed by atoms with van der Waals surface area (Å²) in [5, 5.41) is 7.68. The van der Waals surface area contributed by atoms with Crippen LogP contribution in [0.1, 0.15) is 27.9 Å². The molecule has 1 aliphatic heterocycles. The molecule has 1 aliphatic rings. The van der Waals surface area contributed by atoms with Crippen LogP contribution in [0.5, 0.6) is 0 Å². The first kappa shape index (κ1) is 20.0. The van der Waals surface area contributed by atoms with Gasteiger partial charge in [-0.3, -0.25) is 4.79 Å². The summed E-state index contributed by atoms with van der Waals surface area (Å²) in [6.45, 7) is 3.83. The first-order valence-corrected chi connectivity index (χ1v) is 8.85. The summed E-state index contributed by atoms with van der Waals surface area (Å²) in [5.74, 6) is 0.466. The van der Waals surface area contributed by atoms with Gasteiger partial charge in [-0.1, -0.05) is 0 Å². The number of nitrogens with zero attached hydrogens (tertiary/aromatic N) is 5. The van der Waals surface area contributed by atoms with Crippen molar-refractivity contribution in [3.8, 4) is 5.69 Å². The summed E-state index contributed by atoms with van der Waals surface area (Å²) in [5.41, 5.74) is 1.98. The largest absolute Gasteiger partial charge is 0.336 e. The maximum atomic E-state index is 13.3. The summed E-state index contributed by atoms with van der Waals surface area (Å²) in [7, 11) is 1.93. The number of rotatable bonds is 3. The van der Waals surface area contributed by atoms with Crippen LogP contribution < -0.4 is 5.32 Å². The van der Waals surface area contributed by atoms with Crippen LogP contribution in [-0.4, -0.2) is 49.8 Å². The number of carbonyl (C=O) groups excluding carboxylic acids is 1. The minimum Gasteiger partial charge on any atom is -0.336 e. The highest BCUT2D eigenvalue weighted by atomic mass is 35.5. The smallest absolute Gasteiger partial charge is 0.258 e. The van der Waals surface area contributed by atoms with E-state index in [1.165, 1.54) is 12.1 Å². The molecular formula is C19H22ClFN6O. The quantitative estimate of drug-likeness (QED) is 0.727. The molecule has 0 bridgehead atoms. The molecule has 9 heteroatoms. The van der Waals surface area contributed by atoms with E-state index in [9.17, 15) is 9.18 Å². The summed E-state index contributed by atoms with van der Waals surface area (Å²) in [6, 6.07) is 5.91. The highest BCUT2D eigenvalue weighted by Gasteiger charge is 2.32. The lowest BCUT2D eigenvalue weighted by Crippen LogP contribution is -2.49. The molecule has 1 N–H and O–H groups in total. The molecule has 1 atom stereocenters. The van der Waals surface area contributed by atoms with Crippen LogP contribution >= 0.6 is 12.4 Å². The number of amides is 1. The number of piperazine rings is 1. The van der Waals surface area contributed by atoms with Gasteiger partial charge in [0.2, 0.25) is 0 Å². The Hall–Kier alpha value is -2.71.